The second-order valence-electron chi connectivity index (χ2n) is 6.44. The number of hydrogen-bond acceptors (Lipinski definition) is 4. The molecule has 7 nitrogen and oxygen atoms in total. The van der Waals surface area contributed by atoms with E-state index in [0.29, 0.717) is 17.9 Å². The second kappa shape index (κ2) is 5.66. The molecule has 1 aromatic carbocycles. The number of carbonyl (C=O) groups is 2. The lowest BCUT2D eigenvalue weighted by molar-refractivity contribution is -0.124. The fourth-order valence-electron chi connectivity index (χ4n) is 3.76. The zero-order chi connectivity index (χ0) is 16.7. The number of urea groups is 1. The van der Waals surface area contributed by atoms with Crippen LogP contribution in [0.5, 0.6) is 0 Å². The van der Waals surface area contributed by atoms with Crippen LogP contribution in [-0.2, 0) is 4.79 Å². The zero-order valence-corrected chi connectivity index (χ0v) is 13.8. The summed E-state index contributed by atoms with van der Waals surface area (Å²) in [4.78, 5) is 25.9. The van der Waals surface area contributed by atoms with Gasteiger partial charge in [-0.25, -0.2) is 4.79 Å². The number of benzene rings is 1. The van der Waals surface area contributed by atoms with Gasteiger partial charge in [0.05, 0.1) is 11.7 Å². The molecule has 0 aliphatic carbocycles. The first-order chi connectivity index (χ1) is 11.6. The van der Waals surface area contributed by atoms with Gasteiger partial charge in [-0.1, -0.05) is 11.6 Å². The number of amides is 3. The molecule has 0 atom stereocenters. The van der Waals surface area contributed by atoms with Crippen LogP contribution in [0.25, 0.3) is 10.9 Å². The van der Waals surface area contributed by atoms with Crippen LogP contribution in [0.15, 0.2) is 18.3 Å². The van der Waals surface area contributed by atoms with Crippen LogP contribution < -0.4 is 15.5 Å². The van der Waals surface area contributed by atoms with E-state index in [-0.39, 0.29) is 11.9 Å². The highest BCUT2D eigenvalue weighted by molar-refractivity contribution is 6.31. The number of nitrogens with one attached hydrogen (secondary N) is 3. The number of carbonyl (C=O) groups excluding carboxylic acids is 2. The highest BCUT2D eigenvalue weighted by Crippen LogP contribution is 2.33. The molecule has 0 saturated carbocycles. The van der Waals surface area contributed by atoms with Crippen molar-refractivity contribution >= 4 is 40.1 Å². The molecule has 0 radical (unpaired) electrons. The molecule has 1 spiro atoms. The first kappa shape index (κ1) is 15.3. The Morgan fingerprint density at radius 3 is 2.58 bits per heavy atom. The minimum Gasteiger partial charge on any atom is -0.371 e. The summed E-state index contributed by atoms with van der Waals surface area (Å²) in [7, 11) is 0. The number of rotatable bonds is 1. The van der Waals surface area contributed by atoms with Crippen LogP contribution in [0.2, 0.25) is 5.02 Å². The zero-order valence-electron chi connectivity index (χ0n) is 13.1. The number of anilines is 1. The van der Waals surface area contributed by atoms with E-state index in [9.17, 15) is 9.59 Å². The monoisotopic (exact) mass is 347 g/mol. The summed E-state index contributed by atoms with van der Waals surface area (Å²) in [5.41, 5.74) is 1.24. The summed E-state index contributed by atoms with van der Waals surface area (Å²) >= 11 is 6.23. The summed E-state index contributed by atoms with van der Waals surface area (Å²) in [6.45, 7) is 1.59. The van der Waals surface area contributed by atoms with Gasteiger partial charge in [0.25, 0.3) is 5.91 Å². The van der Waals surface area contributed by atoms with Crippen LogP contribution in [0, 0.1) is 0 Å². The molecule has 2 aliphatic heterocycles. The van der Waals surface area contributed by atoms with Gasteiger partial charge in [0.2, 0.25) is 0 Å². The molecule has 24 heavy (non-hydrogen) atoms. The number of fused-ring (bicyclic) bond motifs is 1. The van der Waals surface area contributed by atoms with E-state index in [4.69, 9.17) is 11.6 Å². The van der Waals surface area contributed by atoms with Crippen molar-refractivity contribution in [2.45, 2.75) is 31.2 Å². The first-order valence-corrected chi connectivity index (χ1v) is 8.46. The Morgan fingerprint density at radius 2 is 1.92 bits per heavy atom. The molecule has 8 heteroatoms. The highest BCUT2D eigenvalue weighted by atomic mass is 35.5. The van der Waals surface area contributed by atoms with Gasteiger partial charge in [-0.2, -0.15) is 5.10 Å². The van der Waals surface area contributed by atoms with E-state index >= 15 is 0 Å². The fourth-order valence-corrected chi connectivity index (χ4v) is 3.97. The van der Waals surface area contributed by atoms with Crippen molar-refractivity contribution in [2.24, 2.45) is 0 Å². The van der Waals surface area contributed by atoms with Gasteiger partial charge in [0, 0.05) is 29.2 Å². The third-order valence-electron chi connectivity index (χ3n) is 4.92. The number of aromatic nitrogens is 2. The van der Waals surface area contributed by atoms with Crippen molar-refractivity contribution in [3.63, 3.8) is 0 Å². The third-order valence-corrected chi connectivity index (χ3v) is 5.14. The lowest BCUT2D eigenvalue weighted by atomic mass is 9.87. The molecule has 3 heterocycles. The van der Waals surface area contributed by atoms with Crippen molar-refractivity contribution in [1.29, 1.82) is 0 Å². The summed E-state index contributed by atoms with van der Waals surface area (Å²) in [5.74, 6) is -0.194. The Bertz CT molecular complexity index is 808. The molecule has 0 bridgehead atoms. The molecular formula is C16H18ClN5O2. The van der Waals surface area contributed by atoms with Crippen LogP contribution >= 0.6 is 11.6 Å². The molecule has 126 valence electrons. The number of nitrogens with zero attached hydrogens (tertiary/aromatic N) is 2. The largest absolute Gasteiger partial charge is 0.371 e. The van der Waals surface area contributed by atoms with Gasteiger partial charge in [0.15, 0.2) is 0 Å². The first-order valence-electron chi connectivity index (χ1n) is 8.09. The summed E-state index contributed by atoms with van der Waals surface area (Å²) < 4.78 is 0. The number of hydrogen-bond donors (Lipinski definition) is 3. The molecule has 4 rings (SSSR count). The number of aromatic amines is 1. The number of imide groups is 1. The van der Waals surface area contributed by atoms with Crippen molar-refractivity contribution in [3.05, 3.63) is 23.4 Å². The third kappa shape index (κ3) is 2.49. The minimum absolute atomic E-state index is 0.194. The fraction of sp³-hybridized carbons (Fsp3) is 0.438. The molecule has 3 N–H and O–H groups in total. The van der Waals surface area contributed by atoms with Gasteiger partial charge in [-0.3, -0.25) is 15.2 Å². The Labute approximate surface area is 143 Å². The maximum atomic E-state index is 12.1. The molecule has 1 aromatic heterocycles. The Balaban J connectivity index is 1.56. The van der Waals surface area contributed by atoms with E-state index in [0.717, 1.165) is 42.5 Å². The van der Waals surface area contributed by atoms with E-state index < -0.39 is 5.54 Å². The average molecular weight is 348 g/mol. The lowest BCUT2D eigenvalue weighted by Gasteiger charge is -2.33. The van der Waals surface area contributed by atoms with Crippen molar-refractivity contribution in [3.8, 4) is 0 Å². The van der Waals surface area contributed by atoms with Gasteiger partial charge in [0.1, 0.15) is 5.54 Å². The van der Waals surface area contributed by atoms with Gasteiger partial charge in [-0.15, -0.1) is 0 Å². The normalized spacial score (nSPS) is 20.8. The number of H-pyrrole nitrogens is 1. The van der Waals surface area contributed by atoms with Crippen LogP contribution in [0.4, 0.5) is 10.5 Å². The predicted octanol–water partition coefficient (Wildman–Crippen LogP) is 2.17. The quantitative estimate of drug-likeness (QED) is 0.690. The maximum Gasteiger partial charge on any atom is 0.322 e. The summed E-state index contributed by atoms with van der Waals surface area (Å²) in [6, 6.07) is 3.44. The Kier molecular flexibility index (Phi) is 3.60. The molecular weight excluding hydrogens is 330 g/mol. The van der Waals surface area contributed by atoms with E-state index in [1.165, 1.54) is 0 Å². The van der Waals surface area contributed by atoms with Crippen molar-refractivity contribution in [2.75, 3.05) is 18.0 Å². The molecule has 2 aromatic rings. The molecule has 2 saturated heterocycles. The Morgan fingerprint density at radius 1 is 1.17 bits per heavy atom. The average Bonchev–Trinajstić information content (AvgIpc) is 3.07. The minimum atomic E-state index is -0.734. The van der Waals surface area contributed by atoms with E-state index in [2.05, 4.69) is 25.7 Å². The van der Waals surface area contributed by atoms with Crippen LogP contribution in [-0.4, -0.2) is 40.8 Å². The second-order valence-corrected chi connectivity index (χ2v) is 6.88. The smallest absolute Gasteiger partial charge is 0.322 e. The maximum absolute atomic E-state index is 12.1. The summed E-state index contributed by atoms with van der Waals surface area (Å²) in [6.07, 6.45) is 4.69. The van der Waals surface area contributed by atoms with Gasteiger partial charge >= 0.3 is 6.03 Å². The standard InChI is InChI=1S/C16H18ClN5O2/c17-10-7-12-11(9-18-21-12)13(8-10)22-5-1-3-16(4-2-6-22)14(23)19-15(24)20-16/h7-9H,1-6H2,(H,18,21)(H2,19,20,23,24). The SMILES string of the molecule is O=C1NC(=O)C2(CCCN(c3cc(Cl)cc4[nH]ncc34)CCC2)N1. The van der Waals surface area contributed by atoms with E-state index in [1.54, 1.807) is 0 Å². The van der Waals surface area contributed by atoms with Crippen LogP contribution in [0.3, 0.4) is 0 Å². The molecule has 3 amide bonds. The van der Waals surface area contributed by atoms with Crippen LogP contribution in [0.1, 0.15) is 25.7 Å². The molecule has 2 aliphatic rings. The van der Waals surface area contributed by atoms with E-state index in [1.807, 2.05) is 18.3 Å². The highest BCUT2D eigenvalue weighted by Gasteiger charge is 2.45. The van der Waals surface area contributed by atoms with Gasteiger partial charge in [-0.05, 0) is 37.8 Å². The predicted molar refractivity (Wildman–Crippen MR) is 91.2 cm³/mol. The Hall–Kier alpha value is -2.28. The molecule has 0 unspecified atom stereocenters. The topological polar surface area (TPSA) is 90.1 Å². The van der Waals surface area contributed by atoms with Crippen molar-refractivity contribution in [1.82, 2.24) is 20.8 Å². The molecule has 2 fully saturated rings. The van der Waals surface area contributed by atoms with Crippen molar-refractivity contribution < 1.29 is 9.59 Å². The number of halogens is 1. The summed E-state index contributed by atoms with van der Waals surface area (Å²) in [5, 5.41) is 14.0. The lowest BCUT2D eigenvalue weighted by Crippen LogP contribution is -2.49. The van der Waals surface area contributed by atoms with Gasteiger partial charge < -0.3 is 10.2 Å².